The lowest BCUT2D eigenvalue weighted by Crippen LogP contribution is -2.32. The molecule has 0 aliphatic heterocycles. The first kappa shape index (κ1) is 23.8. The van der Waals surface area contributed by atoms with Gasteiger partial charge in [-0.05, 0) is 41.5 Å². The number of hydrogen-bond donors (Lipinski definition) is 2. The third-order valence-electron chi connectivity index (χ3n) is 5.10. The van der Waals surface area contributed by atoms with Crippen LogP contribution in [0.15, 0.2) is 59.7 Å². The minimum Gasteiger partial charge on any atom is -0.506 e. The number of carbonyl (C=O) groups excluding carboxylic acids is 2. The molecule has 168 valence electrons. The fourth-order valence-corrected chi connectivity index (χ4v) is 3.53. The number of hydrazone groups is 1. The number of nitrogens with one attached hydrogen (secondary N) is 1. The molecule has 0 fully saturated rings. The highest BCUT2D eigenvalue weighted by Gasteiger charge is 2.18. The predicted octanol–water partition coefficient (Wildman–Crippen LogP) is 4.73. The maximum atomic E-state index is 13.1. The minimum absolute atomic E-state index is 0.0314. The van der Waals surface area contributed by atoms with Gasteiger partial charge in [0.05, 0.1) is 17.3 Å². The summed E-state index contributed by atoms with van der Waals surface area (Å²) in [7, 11) is 0. The summed E-state index contributed by atoms with van der Waals surface area (Å²) in [4.78, 5) is 27.0. The number of halogens is 1. The molecule has 0 unspecified atom stereocenters. The van der Waals surface area contributed by atoms with Crippen LogP contribution in [-0.4, -0.2) is 41.1 Å². The molecule has 0 saturated heterocycles. The second-order valence-corrected chi connectivity index (χ2v) is 7.76. The van der Waals surface area contributed by atoms with E-state index < -0.39 is 5.91 Å². The zero-order chi connectivity index (χ0) is 23.8. The number of fused-ring (bicyclic) bond motifs is 1. The lowest BCUT2D eigenvalue weighted by Gasteiger charge is -2.20. The van der Waals surface area contributed by atoms with E-state index in [1.807, 2.05) is 31.2 Å². The Kier molecular flexibility index (Phi) is 8.01. The average Bonchev–Trinajstić information content (AvgIpc) is 2.83. The Morgan fingerprint density at radius 2 is 1.94 bits per heavy atom. The third kappa shape index (κ3) is 5.68. The van der Waals surface area contributed by atoms with Crippen LogP contribution in [0.4, 0.5) is 0 Å². The summed E-state index contributed by atoms with van der Waals surface area (Å²) < 4.78 is 0. The first-order valence-corrected chi connectivity index (χ1v) is 10.8. The van der Waals surface area contributed by atoms with Crippen LogP contribution in [-0.2, 0) is 0 Å². The Morgan fingerprint density at radius 1 is 1.18 bits per heavy atom. The number of unbranched alkanes of at least 4 members (excludes halogenated alkanes) is 1. The molecule has 2 amide bonds. The zero-order valence-electron chi connectivity index (χ0n) is 18.1. The number of carbonyl (C=O) groups is 2. The van der Waals surface area contributed by atoms with Crippen molar-refractivity contribution >= 4 is 40.4 Å². The molecule has 3 aromatic rings. The van der Waals surface area contributed by atoms with E-state index in [4.69, 9.17) is 16.9 Å². The Bertz CT molecular complexity index is 1250. The van der Waals surface area contributed by atoms with Gasteiger partial charge in [0, 0.05) is 23.2 Å². The number of phenols is 1. The second kappa shape index (κ2) is 11.1. The lowest BCUT2D eigenvalue weighted by molar-refractivity contribution is 0.0775. The molecule has 0 bridgehead atoms. The van der Waals surface area contributed by atoms with Crippen molar-refractivity contribution in [3.8, 4) is 11.8 Å². The van der Waals surface area contributed by atoms with Crippen molar-refractivity contribution in [3.63, 3.8) is 0 Å². The van der Waals surface area contributed by atoms with E-state index >= 15 is 0 Å². The molecule has 0 atom stereocenters. The van der Waals surface area contributed by atoms with Gasteiger partial charge in [-0.2, -0.15) is 10.4 Å². The quantitative estimate of drug-likeness (QED) is 0.287. The van der Waals surface area contributed by atoms with E-state index in [9.17, 15) is 14.7 Å². The van der Waals surface area contributed by atoms with Crippen molar-refractivity contribution in [2.75, 3.05) is 13.1 Å². The summed E-state index contributed by atoms with van der Waals surface area (Å²) >= 11 is 5.85. The molecule has 0 radical (unpaired) electrons. The molecule has 0 aliphatic carbocycles. The number of rotatable bonds is 8. The predicted molar refractivity (Wildman–Crippen MR) is 129 cm³/mol. The smallest absolute Gasteiger partial charge is 0.271 e. The summed E-state index contributed by atoms with van der Waals surface area (Å²) in [6.07, 6.45) is 3.25. The Labute approximate surface area is 196 Å². The molecule has 7 nitrogen and oxygen atoms in total. The molecule has 0 saturated carbocycles. The highest BCUT2D eigenvalue weighted by Crippen LogP contribution is 2.24. The number of phenolic OH excluding ortho intramolecular Hbond substituents is 1. The van der Waals surface area contributed by atoms with Crippen molar-refractivity contribution in [3.05, 3.63) is 76.3 Å². The van der Waals surface area contributed by atoms with E-state index in [0.29, 0.717) is 17.7 Å². The minimum atomic E-state index is -0.479. The van der Waals surface area contributed by atoms with E-state index in [1.54, 1.807) is 17.0 Å². The fraction of sp³-hybridized carbons (Fsp3) is 0.200. The van der Waals surface area contributed by atoms with Gasteiger partial charge in [0.15, 0.2) is 0 Å². The van der Waals surface area contributed by atoms with Crippen molar-refractivity contribution < 1.29 is 14.7 Å². The van der Waals surface area contributed by atoms with Crippen molar-refractivity contribution in [2.24, 2.45) is 5.10 Å². The molecule has 0 aliphatic rings. The Hall–Kier alpha value is -3.89. The van der Waals surface area contributed by atoms with Gasteiger partial charge >= 0.3 is 0 Å². The molecular formula is C25H23ClN4O3. The van der Waals surface area contributed by atoms with E-state index in [-0.39, 0.29) is 28.8 Å². The molecule has 8 heteroatoms. The van der Waals surface area contributed by atoms with Gasteiger partial charge in [0.2, 0.25) is 0 Å². The van der Waals surface area contributed by atoms with Crippen LogP contribution in [0.3, 0.4) is 0 Å². The van der Waals surface area contributed by atoms with Gasteiger partial charge in [-0.25, -0.2) is 5.43 Å². The number of benzene rings is 3. The SMILES string of the molecule is CCCCN(CC#N)C(=O)c1ccc(C=NNC(=O)c2ccc(O)c(Cl)c2)c2ccccc12. The van der Waals surface area contributed by atoms with Crippen LogP contribution >= 0.6 is 11.6 Å². The number of nitrogens with zero attached hydrogens (tertiary/aromatic N) is 3. The largest absolute Gasteiger partial charge is 0.506 e. The number of hydrogen-bond acceptors (Lipinski definition) is 5. The van der Waals surface area contributed by atoms with Gasteiger partial charge in [-0.1, -0.05) is 55.3 Å². The first-order chi connectivity index (χ1) is 16.0. The van der Waals surface area contributed by atoms with Crippen molar-refractivity contribution in [1.29, 1.82) is 5.26 Å². The summed E-state index contributed by atoms with van der Waals surface area (Å²) in [6, 6.07) is 17.1. The van der Waals surface area contributed by atoms with Gasteiger partial charge in [0.1, 0.15) is 12.3 Å². The monoisotopic (exact) mass is 462 g/mol. The van der Waals surface area contributed by atoms with Gasteiger partial charge < -0.3 is 10.0 Å². The maximum Gasteiger partial charge on any atom is 0.271 e. The summed E-state index contributed by atoms with van der Waals surface area (Å²) in [5.74, 6) is -0.782. The van der Waals surface area contributed by atoms with Crippen LogP contribution in [0.2, 0.25) is 5.02 Å². The Balaban J connectivity index is 1.85. The lowest BCUT2D eigenvalue weighted by atomic mass is 9.99. The molecule has 3 aromatic carbocycles. The molecule has 2 N–H and O–H groups in total. The van der Waals surface area contributed by atoms with E-state index in [2.05, 4.69) is 16.6 Å². The zero-order valence-corrected chi connectivity index (χ0v) is 18.8. The topological polar surface area (TPSA) is 106 Å². The second-order valence-electron chi connectivity index (χ2n) is 7.35. The molecule has 0 spiro atoms. The van der Waals surface area contributed by atoms with Gasteiger partial charge in [-0.15, -0.1) is 0 Å². The van der Waals surface area contributed by atoms with E-state index in [1.165, 1.54) is 24.4 Å². The van der Waals surface area contributed by atoms with Crippen LogP contribution in [0, 0.1) is 11.3 Å². The number of amides is 2. The normalized spacial score (nSPS) is 10.8. The van der Waals surface area contributed by atoms with Crippen molar-refractivity contribution in [2.45, 2.75) is 19.8 Å². The average molecular weight is 463 g/mol. The van der Waals surface area contributed by atoms with Gasteiger partial charge in [-0.3, -0.25) is 9.59 Å². The highest BCUT2D eigenvalue weighted by atomic mass is 35.5. The number of nitriles is 1. The summed E-state index contributed by atoms with van der Waals surface area (Å²) in [5, 5.41) is 24.2. The van der Waals surface area contributed by atoms with Crippen LogP contribution in [0.1, 0.15) is 46.0 Å². The number of aromatic hydroxyl groups is 1. The van der Waals surface area contributed by atoms with Crippen molar-refractivity contribution in [1.82, 2.24) is 10.3 Å². The Morgan fingerprint density at radius 3 is 2.64 bits per heavy atom. The maximum absolute atomic E-state index is 13.1. The summed E-state index contributed by atoms with van der Waals surface area (Å²) in [5.41, 5.74) is 3.91. The van der Waals surface area contributed by atoms with Crippen LogP contribution in [0.5, 0.6) is 5.75 Å². The standard InChI is InChI=1S/C25H23ClN4O3/c1-2-3-13-30(14-12-27)25(33)21-10-8-18(19-6-4-5-7-20(19)21)16-28-29-24(32)17-9-11-23(31)22(26)15-17/h4-11,15-16,31H,2-3,13-14H2,1H3,(H,29,32). The van der Waals surface area contributed by atoms with E-state index in [0.717, 1.165) is 23.6 Å². The van der Waals surface area contributed by atoms with Crippen LogP contribution in [0.25, 0.3) is 10.8 Å². The molecule has 3 rings (SSSR count). The molecule has 33 heavy (non-hydrogen) atoms. The molecular weight excluding hydrogens is 440 g/mol. The molecule has 0 heterocycles. The first-order valence-electron chi connectivity index (χ1n) is 10.5. The van der Waals surface area contributed by atoms with Crippen LogP contribution < -0.4 is 5.43 Å². The third-order valence-corrected chi connectivity index (χ3v) is 5.40. The fourth-order valence-electron chi connectivity index (χ4n) is 3.35. The highest BCUT2D eigenvalue weighted by molar-refractivity contribution is 6.32. The van der Waals surface area contributed by atoms with Gasteiger partial charge in [0.25, 0.3) is 11.8 Å². The summed E-state index contributed by atoms with van der Waals surface area (Å²) in [6.45, 7) is 2.59. The molecule has 0 aromatic heterocycles.